The van der Waals surface area contributed by atoms with Crippen molar-refractivity contribution in [3.05, 3.63) is 71.6 Å². The fourth-order valence-electron chi connectivity index (χ4n) is 3.38. The molecule has 1 aliphatic heterocycles. The number of nitrogens with zero attached hydrogens (tertiary/aromatic N) is 3. The van der Waals surface area contributed by atoms with Gasteiger partial charge in [0.25, 0.3) is 0 Å². The van der Waals surface area contributed by atoms with E-state index in [1.807, 2.05) is 12.1 Å². The lowest BCUT2D eigenvalue weighted by atomic mass is 10.1. The summed E-state index contributed by atoms with van der Waals surface area (Å²) in [7, 11) is 0. The van der Waals surface area contributed by atoms with E-state index in [0.717, 1.165) is 24.0 Å². The Bertz CT molecular complexity index is 974. The van der Waals surface area contributed by atoms with E-state index in [0.29, 0.717) is 11.6 Å². The number of fused-ring (bicyclic) bond motifs is 1. The van der Waals surface area contributed by atoms with Crippen LogP contribution in [0.25, 0.3) is 0 Å². The van der Waals surface area contributed by atoms with E-state index in [2.05, 4.69) is 39.2 Å². The van der Waals surface area contributed by atoms with Gasteiger partial charge >= 0.3 is 0 Å². The predicted octanol–water partition coefficient (Wildman–Crippen LogP) is 4.89. The van der Waals surface area contributed by atoms with Gasteiger partial charge in [-0.25, -0.2) is 18.7 Å². The van der Waals surface area contributed by atoms with Crippen molar-refractivity contribution in [3.8, 4) is 0 Å². The second-order valence-electron chi connectivity index (χ2n) is 6.46. The number of hydrogen-bond donors (Lipinski definition) is 1. The van der Waals surface area contributed by atoms with E-state index in [1.54, 1.807) is 13.0 Å². The molecule has 4 rings (SSSR count). The first-order valence-electron chi connectivity index (χ1n) is 8.46. The molecular formula is C20H18F2N4. The number of halogens is 2. The van der Waals surface area contributed by atoms with Gasteiger partial charge in [0.1, 0.15) is 29.1 Å². The third kappa shape index (κ3) is 2.98. The van der Waals surface area contributed by atoms with Crippen LogP contribution in [0, 0.1) is 18.6 Å². The molecule has 2 aromatic carbocycles. The normalized spacial score (nSPS) is 15.8. The number of anilines is 4. The van der Waals surface area contributed by atoms with Gasteiger partial charge in [-0.3, -0.25) is 0 Å². The lowest BCUT2D eigenvalue weighted by Crippen LogP contribution is -2.25. The number of benzene rings is 2. The maximum absolute atomic E-state index is 13.9. The number of para-hydroxylation sites is 1. The molecule has 6 heteroatoms. The van der Waals surface area contributed by atoms with Crippen LogP contribution >= 0.6 is 0 Å². The molecule has 2 heterocycles. The summed E-state index contributed by atoms with van der Waals surface area (Å²) in [6.45, 7) is 3.94. The van der Waals surface area contributed by atoms with Crippen molar-refractivity contribution in [1.29, 1.82) is 0 Å². The summed E-state index contributed by atoms with van der Waals surface area (Å²) in [5.41, 5.74) is 2.57. The third-order valence-electron chi connectivity index (χ3n) is 4.47. The monoisotopic (exact) mass is 352 g/mol. The Morgan fingerprint density at radius 1 is 1.08 bits per heavy atom. The molecule has 1 aromatic heterocycles. The molecule has 0 fully saturated rings. The van der Waals surface area contributed by atoms with E-state index in [-0.39, 0.29) is 11.7 Å². The first kappa shape index (κ1) is 16.4. The van der Waals surface area contributed by atoms with Crippen LogP contribution < -0.4 is 10.2 Å². The van der Waals surface area contributed by atoms with Crippen LogP contribution in [0.1, 0.15) is 18.3 Å². The van der Waals surface area contributed by atoms with Crippen molar-refractivity contribution in [2.24, 2.45) is 0 Å². The van der Waals surface area contributed by atoms with Crippen LogP contribution in [0.2, 0.25) is 0 Å². The molecule has 0 saturated heterocycles. The standard InChI is InChI=1S/C20H18F2N4/c1-12-9-14-5-3-4-6-18(14)26(12)20-11-19(23-13(2)24-20)25-17-8-7-15(21)10-16(17)22/h3-8,10-12H,9H2,1-2H3,(H,23,24,25). The van der Waals surface area contributed by atoms with Crippen molar-refractivity contribution < 1.29 is 8.78 Å². The van der Waals surface area contributed by atoms with E-state index in [1.165, 1.54) is 17.7 Å². The maximum Gasteiger partial charge on any atom is 0.149 e. The van der Waals surface area contributed by atoms with Crippen LogP contribution in [-0.4, -0.2) is 16.0 Å². The van der Waals surface area contributed by atoms with E-state index in [9.17, 15) is 8.78 Å². The van der Waals surface area contributed by atoms with Crippen LogP contribution in [0.5, 0.6) is 0 Å². The van der Waals surface area contributed by atoms with Gasteiger partial charge in [0.2, 0.25) is 0 Å². The molecule has 1 unspecified atom stereocenters. The predicted molar refractivity (Wildman–Crippen MR) is 98.2 cm³/mol. The summed E-state index contributed by atoms with van der Waals surface area (Å²) >= 11 is 0. The lowest BCUT2D eigenvalue weighted by Gasteiger charge is -2.24. The summed E-state index contributed by atoms with van der Waals surface area (Å²) < 4.78 is 27.0. The van der Waals surface area contributed by atoms with Gasteiger partial charge in [-0.1, -0.05) is 18.2 Å². The fourth-order valence-corrected chi connectivity index (χ4v) is 3.38. The minimum absolute atomic E-state index is 0.172. The Balaban J connectivity index is 1.71. The largest absolute Gasteiger partial charge is 0.338 e. The molecule has 1 aliphatic rings. The molecule has 1 atom stereocenters. The summed E-state index contributed by atoms with van der Waals surface area (Å²) in [4.78, 5) is 11.1. The second kappa shape index (κ2) is 6.37. The minimum Gasteiger partial charge on any atom is -0.338 e. The Morgan fingerprint density at radius 2 is 1.88 bits per heavy atom. The third-order valence-corrected chi connectivity index (χ3v) is 4.47. The molecule has 3 aromatic rings. The highest BCUT2D eigenvalue weighted by Gasteiger charge is 2.28. The molecule has 132 valence electrons. The number of aromatic nitrogens is 2. The zero-order chi connectivity index (χ0) is 18.3. The quantitative estimate of drug-likeness (QED) is 0.729. The topological polar surface area (TPSA) is 41.1 Å². The molecule has 0 amide bonds. The molecule has 0 bridgehead atoms. The molecule has 0 aliphatic carbocycles. The van der Waals surface area contributed by atoms with Gasteiger partial charge in [0, 0.05) is 23.9 Å². The molecule has 0 saturated carbocycles. The van der Waals surface area contributed by atoms with Crippen molar-refractivity contribution in [2.45, 2.75) is 26.3 Å². The molecule has 26 heavy (non-hydrogen) atoms. The van der Waals surface area contributed by atoms with Gasteiger partial charge < -0.3 is 10.2 Å². The number of nitrogens with one attached hydrogen (secondary N) is 1. The average molecular weight is 352 g/mol. The van der Waals surface area contributed by atoms with Crippen LogP contribution in [0.15, 0.2) is 48.5 Å². The van der Waals surface area contributed by atoms with Gasteiger partial charge in [0.05, 0.1) is 5.69 Å². The summed E-state index contributed by atoms with van der Waals surface area (Å²) in [5, 5.41) is 2.92. The molecule has 4 nitrogen and oxygen atoms in total. The van der Waals surface area contributed by atoms with Gasteiger partial charge in [0.15, 0.2) is 0 Å². The second-order valence-corrected chi connectivity index (χ2v) is 6.46. The smallest absolute Gasteiger partial charge is 0.149 e. The van der Waals surface area contributed by atoms with E-state index >= 15 is 0 Å². The first-order chi connectivity index (χ1) is 12.5. The lowest BCUT2D eigenvalue weighted by molar-refractivity contribution is 0.586. The summed E-state index contributed by atoms with van der Waals surface area (Å²) in [6.07, 6.45) is 0.939. The van der Waals surface area contributed by atoms with E-state index < -0.39 is 11.6 Å². The van der Waals surface area contributed by atoms with Gasteiger partial charge in [-0.05, 0) is 44.0 Å². The SMILES string of the molecule is Cc1nc(Nc2ccc(F)cc2F)cc(N2c3ccccc3CC2C)n1. The Hall–Kier alpha value is -3.02. The summed E-state index contributed by atoms with van der Waals surface area (Å²) in [5.74, 6) is 0.511. The van der Waals surface area contributed by atoms with Crippen molar-refractivity contribution in [3.63, 3.8) is 0 Å². The van der Waals surface area contributed by atoms with Crippen molar-refractivity contribution in [2.75, 3.05) is 10.2 Å². The maximum atomic E-state index is 13.9. The Kier molecular flexibility index (Phi) is 4.03. The van der Waals surface area contributed by atoms with Crippen molar-refractivity contribution >= 4 is 23.0 Å². The van der Waals surface area contributed by atoms with Gasteiger partial charge in [-0.2, -0.15) is 0 Å². The highest BCUT2D eigenvalue weighted by molar-refractivity contribution is 5.71. The highest BCUT2D eigenvalue weighted by atomic mass is 19.1. The van der Waals surface area contributed by atoms with Crippen LogP contribution in [-0.2, 0) is 6.42 Å². The number of aryl methyl sites for hydroxylation is 1. The van der Waals surface area contributed by atoms with E-state index in [4.69, 9.17) is 0 Å². The zero-order valence-corrected chi connectivity index (χ0v) is 14.5. The van der Waals surface area contributed by atoms with Crippen LogP contribution in [0.3, 0.4) is 0 Å². The number of rotatable bonds is 3. The number of hydrogen-bond acceptors (Lipinski definition) is 4. The van der Waals surface area contributed by atoms with Crippen LogP contribution in [0.4, 0.5) is 31.8 Å². The Labute approximate surface area is 150 Å². The molecule has 1 N–H and O–H groups in total. The zero-order valence-electron chi connectivity index (χ0n) is 14.5. The Morgan fingerprint density at radius 3 is 2.69 bits per heavy atom. The molecule has 0 radical (unpaired) electrons. The van der Waals surface area contributed by atoms with Crippen molar-refractivity contribution in [1.82, 2.24) is 9.97 Å². The minimum atomic E-state index is -0.664. The fraction of sp³-hybridized carbons (Fsp3) is 0.200. The highest BCUT2D eigenvalue weighted by Crippen LogP contribution is 2.38. The molecule has 0 spiro atoms. The average Bonchev–Trinajstić information content (AvgIpc) is 2.92. The molecular weight excluding hydrogens is 334 g/mol. The van der Waals surface area contributed by atoms with Gasteiger partial charge in [-0.15, -0.1) is 0 Å². The summed E-state index contributed by atoms with van der Waals surface area (Å²) in [6, 6.07) is 13.7. The first-order valence-corrected chi connectivity index (χ1v) is 8.46.